The maximum Gasteiger partial charge on any atom is 0.261 e. The van der Waals surface area contributed by atoms with Crippen molar-refractivity contribution in [3.8, 4) is 0 Å². The van der Waals surface area contributed by atoms with E-state index >= 15 is 0 Å². The van der Waals surface area contributed by atoms with E-state index in [4.69, 9.17) is 0 Å². The number of nitrogens with one attached hydrogen (secondary N) is 1. The van der Waals surface area contributed by atoms with Crippen LogP contribution >= 0.6 is 15.9 Å². The zero-order valence-electron chi connectivity index (χ0n) is 9.57. The number of halogens is 2. The van der Waals surface area contributed by atoms with Gasteiger partial charge in [0.25, 0.3) is 10.0 Å². The Morgan fingerprint density at radius 3 is 2.71 bits per heavy atom. The molecule has 0 radical (unpaired) electrons. The maximum absolute atomic E-state index is 13.4. The zero-order valence-corrected chi connectivity index (χ0v) is 12.0. The van der Waals surface area contributed by atoms with Gasteiger partial charge in [-0.3, -0.25) is 0 Å². The van der Waals surface area contributed by atoms with Crippen molar-refractivity contribution in [3.05, 3.63) is 24.1 Å². The van der Waals surface area contributed by atoms with Gasteiger partial charge >= 0.3 is 0 Å². The van der Waals surface area contributed by atoms with E-state index in [1.54, 1.807) is 6.92 Å². The molecule has 1 aromatic heterocycles. The first kappa shape index (κ1) is 14.5. The molecule has 0 saturated carbocycles. The Kier molecular flexibility index (Phi) is 4.62. The Morgan fingerprint density at radius 1 is 1.59 bits per heavy atom. The molecule has 1 heterocycles. The maximum atomic E-state index is 13.4. The molecule has 0 aromatic carbocycles. The lowest BCUT2D eigenvalue weighted by Crippen LogP contribution is -2.47. The SMILES string of the molecule is CCC(C)(CBr)NS(=O)(=O)c1ncccc1F. The van der Waals surface area contributed by atoms with Crippen LogP contribution in [0.4, 0.5) is 4.39 Å². The van der Waals surface area contributed by atoms with Crippen LogP contribution in [0.5, 0.6) is 0 Å². The van der Waals surface area contributed by atoms with Gasteiger partial charge in [-0.1, -0.05) is 22.9 Å². The molecule has 1 atom stereocenters. The van der Waals surface area contributed by atoms with Gasteiger partial charge in [0.2, 0.25) is 5.03 Å². The highest BCUT2D eigenvalue weighted by molar-refractivity contribution is 9.09. The lowest BCUT2D eigenvalue weighted by atomic mass is 10.0. The van der Waals surface area contributed by atoms with Gasteiger partial charge in [-0.05, 0) is 25.5 Å². The standard InChI is InChI=1S/C10H14BrFN2O2S/c1-3-10(2,7-11)14-17(15,16)9-8(12)5-4-6-13-9/h4-6,14H,3,7H2,1-2H3. The quantitative estimate of drug-likeness (QED) is 0.843. The average Bonchev–Trinajstić information content (AvgIpc) is 2.28. The molecule has 0 bridgehead atoms. The molecule has 1 aromatic rings. The summed E-state index contributed by atoms with van der Waals surface area (Å²) < 4.78 is 39.7. The van der Waals surface area contributed by atoms with Crippen LogP contribution in [0.1, 0.15) is 20.3 Å². The van der Waals surface area contributed by atoms with Gasteiger partial charge in [0.15, 0.2) is 5.82 Å². The van der Waals surface area contributed by atoms with Crippen LogP contribution in [0.2, 0.25) is 0 Å². The second kappa shape index (κ2) is 5.41. The van der Waals surface area contributed by atoms with E-state index < -0.39 is 26.4 Å². The molecule has 17 heavy (non-hydrogen) atoms. The van der Waals surface area contributed by atoms with Crippen LogP contribution in [0.3, 0.4) is 0 Å². The number of aromatic nitrogens is 1. The second-order valence-electron chi connectivity index (χ2n) is 3.94. The van der Waals surface area contributed by atoms with E-state index in [9.17, 15) is 12.8 Å². The van der Waals surface area contributed by atoms with E-state index in [-0.39, 0.29) is 0 Å². The minimum Gasteiger partial charge on any atom is -0.241 e. The van der Waals surface area contributed by atoms with Gasteiger partial charge in [0.05, 0.1) is 0 Å². The number of rotatable bonds is 5. The molecule has 0 saturated heterocycles. The van der Waals surface area contributed by atoms with Gasteiger partial charge in [-0.25, -0.2) is 22.5 Å². The fraction of sp³-hybridized carbons (Fsp3) is 0.500. The predicted molar refractivity (Wildman–Crippen MR) is 67.0 cm³/mol. The Hall–Kier alpha value is -0.530. The molecule has 1 rings (SSSR count). The van der Waals surface area contributed by atoms with E-state index in [1.807, 2.05) is 6.92 Å². The number of hydrogen-bond acceptors (Lipinski definition) is 3. The van der Waals surface area contributed by atoms with E-state index in [0.29, 0.717) is 11.8 Å². The first-order valence-corrected chi connectivity index (χ1v) is 7.65. The molecular weight excluding hydrogens is 311 g/mol. The van der Waals surface area contributed by atoms with Crippen molar-refractivity contribution in [2.45, 2.75) is 30.8 Å². The van der Waals surface area contributed by atoms with Crippen LogP contribution < -0.4 is 4.72 Å². The summed E-state index contributed by atoms with van der Waals surface area (Å²) in [4.78, 5) is 3.56. The van der Waals surface area contributed by atoms with Crippen molar-refractivity contribution >= 4 is 26.0 Å². The van der Waals surface area contributed by atoms with Crippen LogP contribution in [0, 0.1) is 5.82 Å². The van der Waals surface area contributed by atoms with Crippen LogP contribution in [0.15, 0.2) is 23.4 Å². The zero-order chi connectivity index (χ0) is 13.1. The molecule has 0 aliphatic carbocycles. The van der Waals surface area contributed by atoms with Crippen molar-refractivity contribution in [2.75, 3.05) is 5.33 Å². The normalized spacial score (nSPS) is 15.5. The van der Waals surface area contributed by atoms with Gasteiger partial charge in [-0.2, -0.15) is 0 Å². The molecule has 0 fully saturated rings. The molecule has 1 unspecified atom stereocenters. The van der Waals surface area contributed by atoms with Gasteiger partial charge in [-0.15, -0.1) is 0 Å². The van der Waals surface area contributed by atoms with Gasteiger partial charge < -0.3 is 0 Å². The predicted octanol–water partition coefficient (Wildman–Crippen LogP) is 2.06. The Balaban J connectivity index is 3.10. The third-order valence-electron chi connectivity index (χ3n) is 2.44. The van der Waals surface area contributed by atoms with Crippen molar-refractivity contribution in [1.82, 2.24) is 9.71 Å². The molecular formula is C10H14BrFN2O2S. The number of sulfonamides is 1. The third-order valence-corrected chi connectivity index (χ3v) is 5.24. The fourth-order valence-corrected chi connectivity index (χ4v) is 3.34. The molecule has 96 valence electrons. The minimum absolute atomic E-state index is 0.435. The molecule has 0 amide bonds. The summed E-state index contributed by atoms with van der Waals surface area (Å²) >= 11 is 3.23. The van der Waals surface area contributed by atoms with Crippen molar-refractivity contribution in [2.24, 2.45) is 0 Å². The Labute approximate surface area is 109 Å². The lowest BCUT2D eigenvalue weighted by molar-refractivity contribution is 0.445. The molecule has 0 aliphatic heterocycles. The summed E-state index contributed by atoms with van der Waals surface area (Å²) in [7, 11) is -3.94. The Morgan fingerprint density at radius 2 is 2.24 bits per heavy atom. The van der Waals surface area contributed by atoms with Gasteiger partial charge in [0.1, 0.15) is 0 Å². The van der Waals surface area contributed by atoms with Crippen molar-refractivity contribution in [1.29, 1.82) is 0 Å². The fourth-order valence-electron chi connectivity index (χ4n) is 1.14. The monoisotopic (exact) mass is 324 g/mol. The van der Waals surface area contributed by atoms with Crippen molar-refractivity contribution in [3.63, 3.8) is 0 Å². The molecule has 0 spiro atoms. The summed E-state index contributed by atoms with van der Waals surface area (Å²) in [5.41, 5.74) is -0.664. The van der Waals surface area contributed by atoms with Gasteiger partial charge in [0, 0.05) is 17.1 Å². The molecule has 0 aliphatic rings. The summed E-state index contributed by atoms with van der Waals surface area (Å²) in [6.07, 6.45) is 1.82. The third kappa shape index (κ3) is 3.46. The summed E-state index contributed by atoms with van der Waals surface area (Å²) in [6, 6.07) is 2.41. The highest BCUT2D eigenvalue weighted by Crippen LogP contribution is 2.18. The number of hydrogen-bond donors (Lipinski definition) is 1. The average molecular weight is 325 g/mol. The van der Waals surface area contributed by atoms with E-state index in [0.717, 1.165) is 6.07 Å². The summed E-state index contributed by atoms with van der Waals surface area (Å²) in [5, 5.41) is -0.134. The highest BCUT2D eigenvalue weighted by Gasteiger charge is 2.30. The first-order chi connectivity index (χ1) is 7.84. The van der Waals surface area contributed by atoms with Crippen LogP contribution in [0.25, 0.3) is 0 Å². The topological polar surface area (TPSA) is 59.1 Å². The van der Waals surface area contributed by atoms with E-state index in [2.05, 4.69) is 25.6 Å². The first-order valence-electron chi connectivity index (χ1n) is 5.05. The highest BCUT2D eigenvalue weighted by atomic mass is 79.9. The summed E-state index contributed by atoms with van der Waals surface area (Å²) in [5.74, 6) is -0.854. The molecule has 7 heteroatoms. The minimum atomic E-state index is -3.94. The second-order valence-corrected chi connectivity index (χ2v) is 6.10. The smallest absolute Gasteiger partial charge is 0.241 e. The number of pyridine rings is 1. The summed E-state index contributed by atoms with van der Waals surface area (Å²) in [6.45, 7) is 3.58. The van der Waals surface area contributed by atoms with E-state index in [1.165, 1.54) is 12.3 Å². The van der Waals surface area contributed by atoms with Crippen LogP contribution in [-0.2, 0) is 10.0 Å². The van der Waals surface area contributed by atoms with Crippen LogP contribution in [-0.4, -0.2) is 24.3 Å². The van der Waals surface area contributed by atoms with Crippen molar-refractivity contribution < 1.29 is 12.8 Å². The largest absolute Gasteiger partial charge is 0.261 e. The Bertz CT molecular complexity index is 489. The lowest BCUT2D eigenvalue weighted by Gasteiger charge is -2.26. The molecule has 1 N–H and O–H groups in total. The number of alkyl halides is 1. The molecule has 4 nitrogen and oxygen atoms in total. The number of nitrogens with zero attached hydrogens (tertiary/aromatic N) is 1.